The van der Waals surface area contributed by atoms with Gasteiger partial charge in [0, 0.05) is 30.9 Å². The van der Waals surface area contributed by atoms with Crippen LogP contribution in [0.15, 0.2) is 46.8 Å². The lowest BCUT2D eigenvalue weighted by Crippen LogP contribution is -2.38. The molecule has 2 N–H and O–H groups in total. The molecule has 1 atom stereocenters. The molecule has 0 aliphatic heterocycles. The van der Waals surface area contributed by atoms with Crippen LogP contribution in [0.5, 0.6) is 0 Å². The highest BCUT2D eigenvalue weighted by molar-refractivity contribution is 14.0. The summed E-state index contributed by atoms with van der Waals surface area (Å²) in [6, 6.07) is 11.4. The summed E-state index contributed by atoms with van der Waals surface area (Å²) in [6.07, 6.45) is -4.30. The minimum Gasteiger partial charge on any atom is -0.367 e. The number of nitrogens with zero attached hydrogens (tertiary/aromatic N) is 1. The maximum absolute atomic E-state index is 12.1. The van der Waals surface area contributed by atoms with Gasteiger partial charge in [-0.25, -0.2) is 0 Å². The molecule has 0 aliphatic carbocycles. The lowest BCUT2D eigenvalue weighted by molar-refractivity contribution is -0.176. The SMILES string of the molecule is CN=C(NCc1ccc(COCC(F)(F)F)cc1)NCC(C)c1cccs1.I. The third-order valence-corrected chi connectivity index (χ3v) is 4.95. The molecular formula is C19H25F3IN3OS. The van der Waals surface area contributed by atoms with E-state index in [2.05, 4.69) is 38.7 Å². The van der Waals surface area contributed by atoms with Crippen molar-refractivity contribution in [1.29, 1.82) is 0 Å². The van der Waals surface area contributed by atoms with Crippen LogP contribution in [0.2, 0.25) is 0 Å². The van der Waals surface area contributed by atoms with Gasteiger partial charge in [0.2, 0.25) is 0 Å². The predicted octanol–water partition coefficient (Wildman–Crippen LogP) is 4.91. The van der Waals surface area contributed by atoms with Crippen molar-refractivity contribution in [3.8, 4) is 0 Å². The second-order valence-corrected chi connectivity index (χ2v) is 7.13. The van der Waals surface area contributed by atoms with Crippen molar-refractivity contribution in [2.24, 2.45) is 4.99 Å². The summed E-state index contributed by atoms with van der Waals surface area (Å²) in [5.41, 5.74) is 1.71. The standard InChI is InChI=1S/C19H24F3N3OS.HI/c1-14(17-4-3-9-27-17)10-24-18(23-2)25-11-15-5-7-16(8-6-15)12-26-13-19(20,21)22;/h3-9,14H,10-13H2,1-2H3,(H2,23,24,25);1H. The van der Waals surface area contributed by atoms with Gasteiger partial charge < -0.3 is 15.4 Å². The van der Waals surface area contributed by atoms with E-state index in [0.29, 0.717) is 24.0 Å². The van der Waals surface area contributed by atoms with Crippen molar-refractivity contribution in [2.45, 2.75) is 32.2 Å². The zero-order valence-electron chi connectivity index (χ0n) is 15.8. The molecule has 0 radical (unpaired) electrons. The predicted molar refractivity (Wildman–Crippen MR) is 119 cm³/mol. The number of guanidine groups is 1. The fourth-order valence-corrected chi connectivity index (χ4v) is 3.15. The summed E-state index contributed by atoms with van der Waals surface area (Å²) in [6.45, 7) is 2.21. The Hall–Kier alpha value is -1.33. The minimum absolute atomic E-state index is 0. The lowest BCUT2D eigenvalue weighted by Gasteiger charge is -2.15. The molecule has 0 fully saturated rings. The third-order valence-electron chi connectivity index (χ3n) is 3.85. The zero-order chi connectivity index (χ0) is 19.7. The van der Waals surface area contributed by atoms with Gasteiger partial charge in [-0.3, -0.25) is 4.99 Å². The Labute approximate surface area is 184 Å². The molecule has 1 unspecified atom stereocenters. The van der Waals surface area contributed by atoms with Crippen molar-refractivity contribution in [3.63, 3.8) is 0 Å². The van der Waals surface area contributed by atoms with Crippen molar-refractivity contribution >= 4 is 41.3 Å². The van der Waals surface area contributed by atoms with E-state index in [4.69, 9.17) is 0 Å². The topological polar surface area (TPSA) is 45.7 Å². The number of nitrogens with one attached hydrogen (secondary N) is 2. The normalized spacial score (nSPS) is 13.0. The van der Waals surface area contributed by atoms with E-state index >= 15 is 0 Å². The van der Waals surface area contributed by atoms with Gasteiger partial charge in [-0.15, -0.1) is 35.3 Å². The molecule has 1 heterocycles. The number of hydrogen-bond acceptors (Lipinski definition) is 3. The van der Waals surface area contributed by atoms with Crippen molar-refractivity contribution in [3.05, 3.63) is 57.8 Å². The van der Waals surface area contributed by atoms with Crippen LogP contribution in [0.3, 0.4) is 0 Å². The van der Waals surface area contributed by atoms with Gasteiger partial charge in [-0.2, -0.15) is 13.2 Å². The number of thiophene rings is 1. The summed E-state index contributed by atoms with van der Waals surface area (Å²) < 4.78 is 40.9. The average molecular weight is 527 g/mol. The number of benzene rings is 1. The summed E-state index contributed by atoms with van der Waals surface area (Å²) in [7, 11) is 1.71. The number of halogens is 4. The van der Waals surface area contributed by atoms with Crippen molar-refractivity contribution in [1.82, 2.24) is 10.6 Å². The molecule has 1 aromatic carbocycles. The number of alkyl halides is 3. The van der Waals surface area contributed by atoms with Crippen LogP contribution in [-0.2, 0) is 17.9 Å². The highest BCUT2D eigenvalue weighted by Gasteiger charge is 2.27. The van der Waals surface area contributed by atoms with Crippen molar-refractivity contribution < 1.29 is 17.9 Å². The molecule has 0 saturated heterocycles. The molecule has 4 nitrogen and oxygen atoms in total. The van der Waals surface area contributed by atoms with Crippen LogP contribution in [0.25, 0.3) is 0 Å². The minimum atomic E-state index is -4.30. The first-order chi connectivity index (χ1) is 12.9. The monoisotopic (exact) mass is 527 g/mol. The third kappa shape index (κ3) is 9.24. The molecule has 0 aliphatic rings. The van der Waals surface area contributed by atoms with Gasteiger partial charge in [0.25, 0.3) is 0 Å². The molecule has 0 amide bonds. The molecule has 28 heavy (non-hydrogen) atoms. The molecule has 156 valence electrons. The maximum Gasteiger partial charge on any atom is 0.411 e. The Balaban J connectivity index is 0.00000392. The van der Waals surface area contributed by atoms with Gasteiger partial charge in [-0.05, 0) is 22.6 Å². The van der Waals surface area contributed by atoms with Gasteiger partial charge in [-0.1, -0.05) is 37.3 Å². The summed E-state index contributed by atoms with van der Waals surface area (Å²) >= 11 is 1.74. The Kier molecular flexibility index (Phi) is 10.8. The first kappa shape index (κ1) is 24.7. The number of hydrogen-bond donors (Lipinski definition) is 2. The second-order valence-electron chi connectivity index (χ2n) is 6.15. The molecule has 2 aromatic rings. The lowest BCUT2D eigenvalue weighted by atomic mass is 10.1. The molecule has 9 heteroatoms. The van der Waals surface area contributed by atoms with Crippen LogP contribution in [0.1, 0.15) is 28.8 Å². The number of rotatable bonds is 8. The van der Waals surface area contributed by atoms with Crippen LogP contribution >= 0.6 is 35.3 Å². The van der Waals surface area contributed by atoms with E-state index < -0.39 is 12.8 Å². The highest BCUT2D eigenvalue weighted by atomic mass is 127. The first-order valence-corrected chi connectivity index (χ1v) is 9.45. The van der Waals surface area contributed by atoms with Crippen LogP contribution in [0.4, 0.5) is 13.2 Å². The van der Waals surface area contributed by atoms with E-state index in [1.807, 2.05) is 18.2 Å². The molecular weight excluding hydrogens is 502 g/mol. The van der Waals surface area contributed by atoms with Crippen molar-refractivity contribution in [2.75, 3.05) is 20.2 Å². The Morgan fingerprint density at radius 1 is 1.14 bits per heavy atom. The highest BCUT2D eigenvalue weighted by Crippen LogP contribution is 2.19. The van der Waals surface area contributed by atoms with Crippen LogP contribution < -0.4 is 10.6 Å². The quantitative estimate of drug-likeness (QED) is 0.291. The van der Waals surface area contributed by atoms with E-state index in [0.717, 1.165) is 12.1 Å². The molecule has 0 saturated carbocycles. The van der Waals surface area contributed by atoms with Crippen LogP contribution in [0, 0.1) is 0 Å². The number of ether oxygens (including phenoxy) is 1. The summed E-state index contributed by atoms with van der Waals surface area (Å²) in [4.78, 5) is 5.53. The Morgan fingerprint density at radius 3 is 2.39 bits per heavy atom. The van der Waals surface area contributed by atoms with Gasteiger partial charge in [0.1, 0.15) is 6.61 Å². The average Bonchev–Trinajstić information content (AvgIpc) is 3.16. The Morgan fingerprint density at radius 2 is 1.82 bits per heavy atom. The largest absolute Gasteiger partial charge is 0.411 e. The maximum atomic E-state index is 12.1. The van der Waals surface area contributed by atoms with Gasteiger partial charge in [0.15, 0.2) is 5.96 Å². The molecule has 0 bridgehead atoms. The fourth-order valence-electron chi connectivity index (χ4n) is 2.37. The number of aliphatic imine (C=N–C) groups is 1. The van der Waals surface area contributed by atoms with E-state index in [-0.39, 0.29) is 30.6 Å². The van der Waals surface area contributed by atoms with E-state index in [9.17, 15) is 13.2 Å². The molecule has 2 rings (SSSR count). The van der Waals surface area contributed by atoms with E-state index in [1.165, 1.54) is 4.88 Å². The smallest absolute Gasteiger partial charge is 0.367 e. The van der Waals surface area contributed by atoms with E-state index in [1.54, 1.807) is 30.5 Å². The first-order valence-electron chi connectivity index (χ1n) is 8.57. The molecule has 1 aromatic heterocycles. The zero-order valence-corrected chi connectivity index (χ0v) is 18.9. The Bertz CT molecular complexity index is 706. The molecule has 0 spiro atoms. The summed E-state index contributed by atoms with van der Waals surface area (Å²) in [5.74, 6) is 1.09. The van der Waals surface area contributed by atoms with Crippen LogP contribution in [-0.4, -0.2) is 32.3 Å². The van der Waals surface area contributed by atoms with Gasteiger partial charge >= 0.3 is 6.18 Å². The van der Waals surface area contributed by atoms with Gasteiger partial charge in [0.05, 0.1) is 6.61 Å². The summed E-state index contributed by atoms with van der Waals surface area (Å²) in [5, 5.41) is 8.60. The fraction of sp³-hybridized carbons (Fsp3) is 0.421. The second kappa shape index (κ2) is 12.3.